The van der Waals surface area contributed by atoms with E-state index in [4.69, 9.17) is 4.74 Å². The number of carbonyl (C=O) groups is 1. The minimum atomic E-state index is -0.0913. The van der Waals surface area contributed by atoms with Gasteiger partial charge in [-0.15, -0.1) is 0 Å². The normalized spacial score (nSPS) is 50.7. The fourth-order valence-electron chi connectivity index (χ4n) is 11.7. The van der Waals surface area contributed by atoms with E-state index in [1.165, 1.54) is 70.6 Å². The molecular weight excluding hydrogens is 470 g/mol. The van der Waals surface area contributed by atoms with Gasteiger partial charge in [0.1, 0.15) is 0 Å². The maximum Gasteiger partial charge on any atom is 0.266 e. The average molecular weight is 522 g/mol. The van der Waals surface area contributed by atoms with Crippen molar-refractivity contribution in [1.29, 1.82) is 0 Å². The number of hydrogen-bond acceptors (Lipinski definition) is 4. The van der Waals surface area contributed by atoms with Crippen LogP contribution in [-0.4, -0.2) is 55.2 Å². The zero-order valence-corrected chi connectivity index (χ0v) is 24.4. The predicted octanol–water partition coefficient (Wildman–Crippen LogP) is 5.43. The van der Waals surface area contributed by atoms with Crippen molar-refractivity contribution < 1.29 is 9.53 Å². The Morgan fingerprint density at radius 3 is 2.87 bits per heavy atom. The molecule has 5 heteroatoms. The van der Waals surface area contributed by atoms with Crippen LogP contribution in [0.1, 0.15) is 91.4 Å². The van der Waals surface area contributed by atoms with Gasteiger partial charge in [0.05, 0.1) is 17.4 Å². The lowest BCUT2D eigenvalue weighted by molar-refractivity contribution is -0.137. The predicted molar refractivity (Wildman–Crippen MR) is 151 cm³/mol. The van der Waals surface area contributed by atoms with Crippen molar-refractivity contribution in [2.24, 2.45) is 39.9 Å². The lowest BCUT2D eigenvalue weighted by Gasteiger charge is -2.49. The first kappa shape index (κ1) is 25.6. The number of rotatable bonds is 5. The summed E-state index contributed by atoms with van der Waals surface area (Å²) in [6.45, 7) is 14.2. The summed E-state index contributed by atoms with van der Waals surface area (Å²) >= 11 is 0. The highest BCUT2D eigenvalue weighted by Gasteiger charge is 2.83. The summed E-state index contributed by atoms with van der Waals surface area (Å²) in [6.07, 6.45) is 17.9. The Morgan fingerprint density at radius 1 is 1.21 bits per heavy atom. The summed E-state index contributed by atoms with van der Waals surface area (Å²) < 4.78 is 7.36. The molecule has 4 saturated carbocycles. The average Bonchev–Trinajstić information content (AvgIpc) is 3.18. The van der Waals surface area contributed by atoms with Crippen molar-refractivity contribution in [3.8, 4) is 0 Å². The minimum Gasteiger partial charge on any atom is -0.384 e. The van der Waals surface area contributed by atoms with E-state index in [2.05, 4.69) is 49.0 Å². The van der Waals surface area contributed by atoms with Gasteiger partial charge >= 0.3 is 0 Å². The Morgan fingerprint density at radius 2 is 2.05 bits per heavy atom. The summed E-state index contributed by atoms with van der Waals surface area (Å²) in [6, 6.07) is 0.496. The second-order valence-corrected chi connectivity index (χ2v) is 15.1. The van der Waals surface area contributed by atoms with Gasteiger partial charge in [0.2, 0.25) is 0 Å². The van der Waals surface area contributed by atoms with Gasteiger partial charge in [-0.1, -0.05) is 39.0 Å². The van der Waals surface area contributed by atoms with Crippen LogP contribution in [-0.2, 0) is 9.53 Å². The van der Waals surface area contributed by atoms with Crippen LogP contribution in [0, 0.1) is 39.9 Å². The number of amides is 1. The summed E-state index contributed by atoms with van der Waals surface area (Å²) in [5.74, 6) is 3.33. The van der Waals surface area contributed by atoms with Crippen molar-refractivity contribution in [2.75, 3.05) is 26.7 Å². The fraction of sp³-hybridized carbons (Fsp3) is 0.848. The Hall–Kier alpha value is -1.33. The number of carbonyl (C=O) groups excluding carboxylic acids is 1. The van der Waals surface area contributed by atoms with E-state index in [0.717, 1.165) is 30.8 Å². The molecule has 0 bridgehead atoms. The van der Waals surface area contributed by atoms with Crippen LogP contribution in [0.2, 0.25) is 0 Å². The molecule has 10 atom stereocenters. The van der Waals surface area contributed by atoms with Crippen molar-refractivity contribution >= 4 is 5.91 Å². The molecule has 2 N–H and O–H groups in total. The smallest absolute Gasteiger partial charge is 0.266 e. The first-order valence-corrected chi connectivity index (χ1v) is 15.9. The number of allylic oxidation sites excluding steroid dienone is 2. The second-order valence-electron chi connectivity index (χ2n) is 15.1. The number of hydrogen-bond donors (Lipinski definition) is 2. The molecule has 7 rings (SSSR count). The van der Waals surface area contributed by atoms with Crippen molar-refractivity contribution in [3.63, 3.8) is 0 Å². The number of nitrogens with one attached hydrogen (secondary N) is 2. The third-order valence-corrected chi connectivity index (χ3v) is 13.7. The van der Waals surface area contributed by atoms with Crippen LogP contribution in [0.5, 0.6) is 0 Å². The molecule has 6 fully saturated rings. The van der Waals surface area contributed by atoms with E-state index in [-0.39, 0.29) is 11.5 Å². The van der Waals surface area contributed by atoms with Gasteiger partial charge in [0.25, 0.3) is 5.91 Å². The minimum absolute atomic E-state index is 0.0600. The molecule has 2 spiro atoms. The van der Waals surface area contributed by atoms with Crippen LogP contribution in [0.4, 0.5) is 0 Å². The molecule has 0 aromatic rings. The van der Waals surface area contributed by atoms with Crippen LogP contribution in [0.25, 0.3) is 0 Å². The van der Waals surface area contributed by atoms with Gasteiger partial charge < -0.3 is 15.4 Å². The summed E-state index contributed by atoms with van der Waals surface area (Å²) in [5, 5.41) is 5.93. The molecule has 5 aliphatic carbocycles. The molecule has 2 saturated heterocycles. The molecular formula is C33H51N3O2. The van der Waals surface area contributed by atoms with Gasteiger partial charge in [0.15, 0.2) is 0 Å². The highest BCUT2D eigenvalue weighted by atomic mass is 16.5. The highest BCUT2D eigenvalue weighted by molar-refractivity contribution is 5.92. The zero-order valence-electron chi connectivity index (χ0n) is 24.4. The fourth-order valence-corrected chi connectivity index (χ4v) is 11.7. The molecule has 9 unspecified atom stereocenters. The van der Waals surface area contributed by atoms with Crippen molar-refractivity contribution in [1.82, 2.24) is 15.5 Å². The van der Waals surface area contributed by atoms with Crippen LogP contribution in [0.3, 0.4) is 0 Å². The number of piperidine rings is 1. The molecule has 0 aromatic heterocycles. The molecule has 7 aliphatic rings. The topological polar surface area (TPSA) is 53.6 Å². The number of nitrogens with zero attached hydrogens (tertiary/aromatic N) is 1. The number of likely N-dealkylation sites (N-methyl/N-ethyl adjacent to an activating group) is 1. The van der Waals surface area contributed by atoms with Crippen molar-refractivity contribution in [2.45, 2.75) is 109 Å². The van der Waals surface area contributed by atoms with E-state index >= 15 is 0 Å². The standard InChI is InChI=1S/C33H51N3O2/c1-21-16-28-27(36(19-21)15-14-35-29(37)22(2)34-5)18-33(38-28)13-11-25-24-10-9-23-8-6-7-12-30(23,3)26(24)17-32(25)20-31(32,33)4/h8,21,24-28,34H,2,6-7,9-20H2,1,3-5H3,(H,35,37)/t21?,24?,25-,26?,27?,28?,30?,31?,32?,33?/m0/s1. The molecule has 2 heterocycles. The van der Waals surface area contributed by atoms with Gasteiger partial charge in [-0.25, -0.2) is 0 Å². The Labute approximate surface area is 230 Å². The van der Waals surface area contributed by atoms with E-state index in [1.54, 1.807) is 7.05 Å². The Balaban J connectivity index is 1.10. The second kappa shape index (κ2) is 8.59. The summed E-state index contributed by atoms with van der Waals surface area (Å²) in [4.78, 5) is 14.9. The Kier molecular flexibility index (Phi) is 5.79. The third-order valence-electron chi connectivity index (χ3n) is 13.7. The van der Waals surface area contributed by atoms with Gasteiger partial charge in [-0.2, -0.15) is 0 Å². The quantitative estimate of drug-likeness (QED) is 0.374. The largest absolute Gasteiger partial charge is 0.384 e. The number of fused-ring (bicyclic) bond motifs is 6. The van der Waals surface area contributed by atoms with E-state index in [9.17, 15) is 4.79 Å². The van der Waals surface area contributed by atoms with Gasteiger partial charge in [-0.05, 0) is 105 Å². The van der Waals surface area contributed by atoms with Crippen LogP contribution < -0.4 is 10.6 Å². The number of likely N-dealkylation sites (tertiary alicyclic amines) is 1. The molecule has 5 nitrogen and oxygen atoms in total. The van der Waals surface area contributed by atoms with E-state index in [1.807, 2.05) is 5.57 Å². The van der Waals surface area contributed by atoms with Crippen LogP contribution >= 0.6 is 0 Å². The first-order chi connectivity index (χ1) is 18.2. The molecule has 0 aromatic carbocycles. The monoisotopic (exact) mass is 521 g/mol. The summed E-state index contributed by atoms with van der Waals surface area (Å²) in [7, 11) is 1.75. The molecule has 0 radical (unpaired) electrons. The zero-order chi connectivity index (χ0) is 26.5. The maximum absolute atomic E-state index is 12.2. The number of ether oxygens (including phenoxy) is 1. The van der Waals surface area contributed by atoms with Gasteiger partial charge in [-0.3, -0.25) is 9.69 Å². The molecule has 2 aliphatic heterocycles. The van der Waals surface area contributed by atoms with E-state index in [0.29, 0.717) is 46.6 Å². The molecule has 1 amide bonds. The maximum atomic E-state index is 12.2. The van der Waals surface area contributed by atoms with E-state index < -0.39 is 0 Å². The van der Waals surface area contributed by atoms with Crippen molar-refractivity contribution in [3.05, 3.63) is 23.9 Å². The van der Waals surface area contributed by atoms with Gasteiger partial charge in [0, 0.05) is 38.1 Å². The molecule has 38 heavy (non-hydrogen) atoms. The SMILES string of the molecule is C=C(NC)C(=O)NCCN1CC(C)CC2OC3(CC[C@H]4C5CCC6=CCCCC6(C)C5CC45CC35C)CC21. The molecule has 210 valence electrons. The third kappa shape index (κ3) is 3.33. The Bertz CT molecular complexity index is 1050. The first-order valence-electron chi connectivity index (χ1n) is 15.9. The lowest BCUT2D eigenvalue weighted by Crippen LogP contribution is -2.51. The summed E-state index contributed by atoms with van der Waals surface area (Å²) in [5.41, 5.74) is 3.68. The highest BCUT2D eigenvalue weighted by Crippen LogP contribution is 2.86. The van der Waals surface area contributed by atoms with Crippen LogP contribution in [0.15, 0.2) is 23.9 Å². The lowest BCUT2D eigenvalue weighted by atomic mass is 9.56.